The van der Waals surface area contributed by atoms with Crippen LogP contribution in [0.5, 0.6) is 0 Å². The Bertz CT molecular complexity index is 192. The van der Waals surface area contributed by atoms with Crippen LogP contribution in [0, 0.1) is 0 Å². The fourth-order valence-electron chi connectivity index (χ4n) is 1.95. The lowest BCUT2D eigenvalue weighted by molar-refractivity contribution is -0.119. The van der Waals surface area contributed by atoms with Crippen LogP contribution in [0.1, 0.15) is 71.1 Å². The molecule has 0 aromatic heterocycles. The molecule has 0 saturated carbocycles. The van der Waals surface area contributed by atoms with Gasteiger partial charge in [-0.25, -0.2) is 0 Å². The first-order valence-electron chi connectivity index (χ1n) is 7.39. The molecule has 0 aromatic rings. The minimum absolute atomic E-state index is 0.151. The highest BCUT2D eigenvalue weighted by atomic mass is 16.5. The van der Waals surface area contributed by atoms with Gasteiger partial charge < -0.3 is 9.84 Å². The van der Waals surface area contributed by atoms with Crippen molar-refractivity contribution in [3.63, 3.8) is 0 Å². The summed E-state index contributed by atoms with van der Waals surface area (Å²) in [4.78, 5) is 11.5. The van der Waals surface area contributed by atoms with Crippen molar-refractivity contribution in [1.82, 2.24) is 0 Å². The van der Waals surface area contributed by atoms with Crippen molar-refractivity contribution in [1.29, 1.82) is 0 Å². The van der Waals surface area contributed by atoms with Crippen molar-refractivity contribution in [3.05, 3.63) is 0 Å². The van der Waals surface area contributed by atoms with Crippen LogP contribution in [0.15, 0.2) is 0 Å². The van der Waals surface area contributed by atoms with Crippen LogP contribution in [0.4, 0.5) is 0 Å². The number of unbranched alkanes of at least 4 members (excludes halogenated alkanes) is 4. The summed E-state index contributed by atoms with van der Waals surface area (Å²) in [5, 5.41) is 9.38. The normalized spacial score (nSPS) is 12.6. The lowest BCUT2D eigenvalue weighted by Crippen LogP contribution is -2.04. The summed E-state index contributed by atoms with van der Waals surface area (Å²) >= 11 is 0. The molecule has 0 aromatic carbocycles. The first kappa shape index (κ1) is 17.6. The number of methoxy groups -OCH3 is 1. The number of hydrogen-bond donors (Lipinski definition) is 1. The summed E-state index contributed by atoms with van der Waals surface area (Å²) in [6.45, 7) is 2.80. The minimum Gasteiger partial charge on any atom is -0.393 e. The lowest BCUT2D eigenvalue weighted by Gasteiger charge is -2.06. The highest BCUT2D eigenvalue weighted by Crippen LogP contribution is 2.10. The van der Waals surface area contributed by atoms with E-state index in [1.807, 2.05) is 6.92 Å². The van der Waals surface area contributed by atoms with Crippen molar-refractivity contribution < 1.29 is 14.6 Å². The Hall–Kier alpha value is -0.410. The van der Waals surface area contributed by atoms with Crippen LogP contribution in [0.25, 0.3) is 0 Å². The maximum Gasteiger partial charge on any atom is 0.132 e. The molecule has 0 aliphatic rings. The Morgan fingerprint density at radius 3 is 2.22 bits per heavy atom. The molecule has 3 heteroatoms. The third-order valence-corrected chi connectivity index (χ3v) is 3.27. The van der Waals surface area contributed by atoms with E-state index < -0.39 is 0 Å². The van der Waals surface area contributed by atoms with Crippen LogP contribution in [0.2, 0.25) is 0 Å². The Kier molecular flexibility index (Phi) is 12.7. The molecule has 18 heavy (non-hydrogen) atoms. The molecule has 3 nitrogen and oxygen atoms in total. The van der Waals surface area contributed by atoms with Gasteiger partial charge in [0.05, 0.1) is 6.10 Å². The minimum atomic E-state index is -0.151. The van der Waals surface area contributed by atoms with Crippen LogP contribution in [-0.4, -0.2) is 30.7 Å². The number of ketones is 1. The number of carbonyl (C=O) groups excluding carboxylic acids is 1. The Morgan fingerprint density at radius 1 is 1.06 bits per heavy atom. The molecule has 0 bridgehead atoms. The van der Waals surface area contributed by atoms with E-state index in [1.54, 1.807) is 7.11 Å². The van der Waals surface area contributed by atoms with E-state index in [1.165, 1.54) is 0 Å². The van der Waals surface area contributed by atoms with Crippen LogP contribution < -0.4 is 0 Å². The zero-order valence-electron chi connectivity index (χ0n) is 12.1. The fourth-order valence-corrected chi connectivity index (χ4v) is 1.95. The van der Waals surface area contributed by atoms with Gasteiger partial charge in [0, 0.05) is 26.6 Å². The van der Waals surface area contributed by atoms with Crippen LogP contribution in [-0.2, 0) is 9.53 Å². The molecule has 0 spiro atoms. The zero-order chi connectivity index (χ0) is 13.6. The van der Waals surface area contributed by atoms with Gasteiger partial charge in [0.2, 0.25) is 0 Å². The molecule has 0 aliphatic carbocycles. The molecular weight excluding hydrogens is 228 g/mol. The number of Topliss-reactive ketones (excluding diaryl/α,β-unsaturated/α-hetero) is 1. The second-order valence-corrected chi connectivity index (χ2v) is 5.00. The van der Waals surface area contributed by atoms with Gasteiger partial charge in [-0.3, -0.25) is 4.79 Å². The largest absolute Gasteiger partial charge is 0.393 e. The summed E-state index contributed by atoms with van der Waals surface area (Å²) in [5.41, 5.74) is 0. The number of aliphatic hydroxyl groups is 1. The molecule has 1 N–H and O–H groups in total. The quantitative estimate of drug-likeness (QED) is 0.514. The third kappa shape index (κ3) is 12.1. The number of rotatable bonds is 13. The van der Waals surface area contributed by atoms with E-state index >= 15 is 0 Å². The van der Waals surface area contributed by atoms with Gasteiger partial charge in [0.25, 0.3) is 0 Å². The molecule has 108 valence electrons. The molecule has 0 radical (unpaired) electrons. The third-order valence-electron chi connectivity index (χ3n) is 3.27. The predicted molar refractivity (Wildman–Crippen MR) is 74.7 cm³/mol. The number of carbonyl (C=O) groups is 1. The van der Waals surface area contributed by atoms with Gasteiger partial charge in [-0.2, -0.15) is 0 Å². The summed E-state index contributed by atoms with van der Waals surface area (Å²) in [5.74, 6) is 0.392. The Balaban J connectivity index is 3.22. The maximum atomic E-state index is 11.5. The second-order valence-electron chi connectivity index (χ2n) is 5.00. The maximum absolute atomic E-state index is 11.5. The van der Waals surface area contributed by atoms with Crippen molar-refractivity contribution in [3.8, 4) is 0 Å². The molecule has 0 heterocycles. The van der Waals surface area contributed by atoms with E-state index in [0.717, 1.165) is 64.4 Å². The van der Waals surface area contributed by atoms with Gasteiger partial charge in [-0.05, 0) is 32.1 Å². The molecule has 1 atom stereocenters. The highest BCUT2D eigenvalue weighted by molar-refractivity contribution is 5.78. The standard InChI is InChI=1S/C15H30O3/c1-3-14(16)10-6-4-7-11-15(17)12-8-5-9-13-18-2/h14,16H,3-13H2,1-2H3. The van der Waals surface area contributed by atoms with Gasteiger partial charge in [-0.1, -0.05) is 26.2 Å². The summed E-state index contributed by atoms with van der Waals surface area (Å²) in [6.07, 6.45) is 9.21. The van der Waals surface area contributed by atoms with Gasteiger partial charge in [0.1, 0.15) is 5.78 Å². The molecule has 1 unspecified atom stereocenters. The number of aliphatic hydroxyl groups excluding tert-OH is 1. The number of ether oxygens (including phenoxy) is 1. The predicted octanol–water partition coefficient (Wildman–Crippen LogP) is 3.48. The topological polar surface area (TPSA) is 46.5 Å². The Labute approximate surface area is 112 Å². The molecule has 0 rings (SSSR count). The highest BCUT2D eigenvalue weighted by Gasteiger charge is 2.03. The zero-order valence-corrected chi connectivity index (χ0v) is 12.1. The monoisotopic (exact) mass is 258 g/mol. The van der Waals surface area contributed by atoms with E-state index in [4.69, 9.17) is 4.74 Å². The smallest absolute Gasteiger partial charge is 0.132 e. The summed E-state index contributed by atoms with van der Waals surface area (Å²) in [7, 11) is 1.71. The summed E-state index contributed by atoms with van der Waals surface area (Å²) < 4.78 is 4.96. The van der Waals surface area contributed by atoms with Gasteiger partial charge in [0.15, 0.2) is 0 Å². The first-order chi connectivity index (χ1) is 8.70. The molecule has 0 amide bonds. The van der Waals surface area contributed by atoms with Gasteiger partial charge >= 0.3 is 0 Å². The van der Waals surface area contributed by atoms with Crippen molar-refractivity contribution >= 4 is 5.78 Å². The fraction of sp³-hybridized carbons (Fsp3) is 0.933. The molecule has 0 aliphatic heterocycles. The van der Waals surface area contributed by atoms with E-state index in [0.29, 0.717) is 12.2 Å². The number of hydrogen-bond acceptors (Lipinski definition) is 3. The van der Waals surface area contributed by atoms with Crippen molar-refractivity contribution in [2.24, 2.45) is 0 Å². The average molecular weight is 258 g/mol. The van der Waals surface area contributed by atoms with Crippen LogP contribution in [0.3, 0.4) is 0 Å². The molecule has 0 saturated heterocycles. The average Bonchev–Trinajstić information content (AvgIpc) is 2.37. The van der Waals surface area contributed by atoms with E-state index in [9.17, 15) is 9.90 Å². The van der Waals surface area contributed by atoms with Crippen molar-refractivity contribution in [2.75, 3.05) is 13.7 Å². The Morgan fingerprint density at radius 2 is 1.67 bits per heavy atom. The van der Waals surface area contributed by atoms with E-state index in [2.05, 4.69) is 0 Å². The van der Waals surface area contributed by atoms with Gasteiger partial charge in [-0.15, -0.1) is 0 Å². The summed E-state index contributed by atoms with van der Waals surface area (Å²) in [6, 6.07) is 0. The van der Waals surface area contributed by atoms with Crippen LogP contribution >= 0.6 is 0 Å². The lowest BCUT2D eigenvalue weighted by atomic mass is 10.0. The second kappa shape index (κ2) is 13.0. The molecular formula is C15H30O3. The SMILES string of the molecule is CCC(O)CCCCCC(=O)CCCCCOC. The molecule has 0 fully saturated rings. The first-order valence-corrected chi connectivity index (χ1v) is 7.39. The van der Waals surface area contributed by atoms with Crippen molar-refractivity contribution in [2.45, 2.75) is 77.2 Å². The van der Waals surface area contributed by atoms with E-state index in [-0.39, 0.29) is 6.10 Å².